The molecular weight excluding hydrogens is 434 g/mol. The van der Waals surface area contributed by atoms with Crippen LogP contribution in [0.3, 0.4) is 0 Å². The number of carbonyl (C=O) groups excluding carboxylic acids is 2. The van der Waals surface area contributed by atoms with E-state index >= 15 is 0 Å². The van der Waals surface area contributed by atoms with Gasteiger partial charge in [0.15, 0.2) is 0 Å². The predicted octanol–water partition coefficient (Wildman–Crippen LogP) is 6.73. The molecule has 0 saturated carbocycles. The number of urea groups is 1. The van der Waals surface area contributed by atoms with E-state index in [0.29, 0.717) is 24.3 Å². The lowest BCUT2D eigenvalue weighted by Crippen LogP contribution is -2.31. The molecule has 0 atom stereocenters. The molecule has 0 fully saturated rings. The summed E-state index contributed by atoms with van der Waals surface area (Å²) in [6.07, 6.45) is 6.46. The van der Waals surface area contributed by atoms with Gasteiger partial charge >= 0.3 is 6.03 Å². The first-order chi connectivity index (χ1) is 17.2. The van der Waals surface area contributed by atoms with Crippen LogP contribution in [0.1, 0.15) is 72.9 Å². The van der Waals surface area contributed by atoms with Gasteiger partial charge in [0.05, 0.1) is 11.3 Å². The monoisotopic (exact) mass is 471 g/mol. The minimum Gasteiger partial charge on any atom is -0.352 e. The quantitative estimate of drug-likeness (QED) is 0.242. The number of unbranched alkanes of at least 4 members (excludes halogenated alkanes) is 4. The van der Waals surface area contributed by atoms with Gasteiger partial charge in [0.2, 0.25) is 0 Å². The summed E-state index contributed by atoms with van der Waals surface area (Å²) in [4.78, 5) is 25.3. The van der Waals surface area contributed by atoms with Gasteiger partial charge in [-0.3, -0.25) is 4.79 Å². The third-order valence-electron chi connectivity index (χ3n) is 6.11. The van der Waals surface area contributed by atoms with Crippen LogP contribution in [0.25, 0.3) is 0 Å². The molecule has 184 valence electrons. The summed E-state index contributed by atoms with van der Waals surface area (Å²) in [5.74, 6) is -0.00508. The van der Waals surface area contributed by atoms with Crippen molar-refractivity contribution in [2.45, 2.75) is 51.4 Å². The van der Waals surface area contributed by atoms with E-state index in [4.69, 9.17) is 0 Å². The number of anilines is 1. The third kappa shape index (κ3) is 8.60. The summed E-state index contributed by atoms with van der Waals surface area (Å²) in [5, 5.41) is 8.76. The molecule has 0 unspecified atom stereocenters. The average Bonchev–Trinajstić information content (AvgIpc) is 2.90. The van der Waals surface area contributed by atoms with Gasteiger partial charge in [-0.05, 0) is 36.1 Å². The van der Waals surface area contributed by atoms with Gasteiger partial charge in [-0.15, -0.1) is 0 Å². The highest BCUT2D eigenvalue weighted by Gasteiger charge is 2.16. The number of carbonyl (C=O) groups is 2. The number of hydrogen-bond donors (Lipinski definition) is 3. The lowest BCUT2D eigenvalue weighted by Gasteiger charge is -2.19. The molecule has 3 rings (SSSR count). The molecule has 5 nitrogen and oxygen atoms in total. The maximum absolute atomic E-state index is 13.0. The van der Waals surface area contributed by atoms with E-state index in [-0.39, 0.29) is 17.9 Å². The zero-order chi connectivity index (χ0) is 24.7. The Morgan fingerprint density at radius 1 is 0.686 bits per heavy atom. The number of benzene rings is 3. The van der Waals surface area contributed by atoms with Gasteiger partial charge in [-0.2, -0.15) is 0 Å². The summed E-state index contributed by atoms with van der Waals surface area (Å²) in [5.41, 5.74) is 3.42. The SMILES string of the molecule is CCCCCCCNC(=O)Nc1ccccc1C(=O)NCCC(c1ccccc1)c1ccccc1. The zero-order valence-corrected chi connectivity index (χ0v) is 20.6. The Kier molecular flexibility index (Phi) is 10.9. The molecule has 5 heteroatoms. The first kappa shape index (κ1) is 26.0. The maximum Gasteiger partial charge on any atom is 0.319 e. The normalized spacial score (nSPS) is 10.7. The van der Waals surface area contributed by atoms with Crippen molar-refractivity contribution in [3.05, 3.63) is 102 Å². The molecule has 3 aromatic carbocycles. The number of rotatable bonds is 13. The fourth-order valence-electron chi connectivity index (χ4n) is 4.21. The van der Waals surface area contributed by atoms with Crippen molar-refractivity contribution in [3.8, 4) is 0 Å². The molecule has 0 aliphatic heterocycles. The molecule has 0 bridgehead atoms. The Labute approximate surface area is 209 Å². The predicted molar refractivity (Wildman–Crippen MR) is 144 cm³/mol. The molecule has 0 aromatic heterocycles. The van der Waals surface area contributed by atoms with E-state index in [9.17, 15) is 9.59 Å². The number of hydrogen-bond acceptors (Lipinski definition) is 2. The third-order valence-corrected chi connectivity index (χ3v) is 6.11. The van der Waals surface area contributed by atoms with Gasteiger partial charge in [0, 0.05) is 19.0 Å². The summed E-state index contributed by atoms with van der Waals surface area (Å²) in [7, 11) is 0. The van der Waals surface area contributed by atoms with E-state index in [2.05, 4.69) is 47.1 Å². The first-order valence-corrected chi connectivity index (χ1v) is 12.7. The Morgan fingerprint density at radius 2 is 1.29 bits per heavy atom. The highest BCUT2D eigenvalue weighted by molar-refractivity contribution is 6.03. The Morgan fingerprint density at radius 3 is 1.94 bits per heavy atom. The van der Waals surface area contributed by atoms with Crippen LogP contribution in [0, 0.1) is 0 Å². The molecule has 0 aliphatic rings. The number of amides is 3. The van der Waals surface area contributed by atoms with Gasteiger partial charge in [-0.1, -0.05) is 105 Å². The lowest BCUT2D eigenvalue weighted by molar-refractivity contribution is 0.0953. The molecule has 0 heterocycles. The van der Waals surface area contributed by atoms with Crippen LogP contribution >= 0.6 is 0 Å². The summed E-state index contributed by atoms with van der Waals surface area (Å²) >= 11 is 0. The molecule has 35 heavy (non-hydrogen) atoms. The van der Waals surface area contributed by atoms with E-state index in [1.165, 1.54) is 30.4 Å². The minimum atomic E-state index is -0.283. The number of nitrogens with one attached hydrogen (secondary N) is 3. The zero-order valence-electron chi connectivity index (χ0n) is 20.6. The van der Waals surface area contributed by atoms with Crippen LogP contribution in [-0.4, -0.2) is 25.0 Å². The molecule has 3 N–H and O–H groups in total. The highest BCUT2D eigenvalue weighted by atomic mass is 16.2. The fraction of sp³-hybridized carbons (Fsp3) is 0.333. The largest absolute Gasteiger partial charge is 0.352 e. The second-order valence-electron chi connectivity index (χ2n) is 8.76. The highest BCUT2D eigenvalue weighted by Crippen LogP contribution is 2.27. The van der Waals surface area contributed by atoms with Gasteiger partial charge in [0.25, 0.3) is 5.91 Å². The maximum atomic E-state index is 13.0. The van der Waals surface area contributed by atoms with Gasteiger partial charge in [0.1, 0.15) is 0 Å². The van der Waals surface area contributed by atoms with Crippen molar-refractivity contribution in [1.29, 1.82) is 0 Å². The van der Waals surface area contributed by atoms with Crippen molar-refractivity contribution < 1.29 is 9.59 Å². The van der Waals surface area contributed by atoms with Crippen molar-refractivity contribution >= 4 is 17.6 Å². The number of para-hydroxylation sites is 1. The Balaban J connectivity index is 1.54. The van der Waals surface area contributed by atoms with E-state index in [1.54, 1.807) is 12.1 Å². The van der Waals surface area contributed by atoms with Crippen molar-refractivity contribution in [2.75, 3.05) is 18.4 Å². The van der Waals surface area contributed by atoms with Crippen LogP contribution in [0.2, 0.25) is 0 Å². The molecule has 3 aromatic rings. The first-order valence-electron chi connectivity index (χ1n) is 12.7. The summed E-state index contributed by atoms with van der Waals surface area (Å²) in [6, 6.07) is 27.5. The molecule has 0 radical (unpaired) electrons. The van der Waals surface area contributed by atoms with Crippen molar-refractivity contribution in [1.82, 2.24) is 10.6 Å². The lowest BCUT2D eigenvalue weighted by atomic mass is 9.88. The van der Waals surface area contributed by atoms with E-state index < -0.39 is 0 Å². The van der Waals surface area contributed by atoms with Crippen LogP contribution < -0.4 is 16.0 Å². The Bertz CT molecular complexity index is 998. The smallest absolute Gasteiger partial charge is 0.319 e. The van der Waals surface area contributed by atoms with Crippen molar-refractivity contribution in [2.24, 2.45) is 0 Å². The summed E-state index contributed by atoms with van der Waals surface area (Å²) < 4.78 is 0. The second-order valence-corrected chi connectivity index (χ2v) is 8.76. The Hall–Kier alpha value is -3.60. The molecule has 3 amide bonds. The topological polar surface area (TPSA) is 70.2 Å². The van der Waals surface area contributed by atoms with Crippen LogP contribution in [-0.2, 0) is 0 Å². The standard InChI is InChI=1S/C30H37N3O2/c1-2-3-4-5-14-22-32-30(35)33-28-20-13-12-19-27(28)29(34)31-23-21-26(24-15-8-6-9-16-24)25-17-10-7-11-18-25/h6-13,15-20,26H,2-5,14,21-23H2,1H3,(H,31,34)(H2,32,33,35). The minimum absolute atomic E-state index is 0.189. The summed E-state index contributed by atoms with van der Waals surface area (Å²) in [6.45, 7) is 3.33. The van der Waals surface area contributed by atoms with Crippen LogP contribution in [0.4, 0.5) is 10.5 Å². The molecule has 0 saturated heterocycles. The molecule has 0 aliphatic carbocycles. The fourth-order valence-corrected chi connectivity index (χ4v) is 4.21. The molecular formula is C30H37N3O2. The van der Waals surface area contributed by atoms with E-state index in [1.807, 2.05) is 48.5 Å². The van der Waals surface area contributed by atoms with E-state index in [0.717, 1.165) is 19.3 Å². The second kappa shape index (κ2) is 14.6. The van der Waals surface area contributed by atoms with Crippen LogP contribution in [0.5, 0.6) is 0 Å². The van der Waals surface area contributed by atoms with Gasteiger partial charge < -0.3 is 16.0 Å². The molecule has 0 spiro atoms. The van der Waals surface area contributed by atoms with Gasteiger partial charge in [-0.25, -0.2) is 4.79 Å². The van der Waals surface area contributed by atoms with Crippen LogP contribution in [0.15, 0.2) is 84.9 Å². The van der Waals surface area contributed by atoms with Crippen molar-refractivity contribution in [3.63, 3.8) is 0 Å². The average molecular weight is 472 g/mol.